The lowest BCUT2D eigenvalue weighted by Crippen LogP contribution is -2.52. The van der Waals surface area contributed by atoms with Crippen molar-refractivity contribution >= 4 is 15.9 Å². The number of nitrogens with zero attached hydrogens (tertiary/aromatic N) is 1. The standard InChI is InChI=1S/C23H27F3N2O4S/c1-4-33(31,32)27-18-11-12-28(22(29)23(2,3)30)19(18)13-14-7-5-8-15(20(14)25)16-9-6-10-17(24)21(16)26/h5-10,18-19,27,30H,4,11-13H2,1-3H3/t18-,19-/m0/s1. The molecule has 0 aromatic heterocycles. The molecule has 0 saturated carbocycles. The molecule has 10 heteroatoms. The Balaban J connectivity index is 2.01. The van der Waals surface area contributed by atoms with Crippen molar-refractivity contribution in [2.45, 2.75) is 51.3 Å². The normalized spacial score (nSPS) is 19.2. The van der Waals surface area contributed by atoms with Crippen molar-refractivity contribution in [1.82, 2.24) is 9.62 Å². The van der Waals surface area contributed by atoms with Gasteiger partial charge in [0.2, 0.25) is 10.0 Å². The fourth-order valence-corrected chi connectivity index (χ4v) is 4.95. The summed E-state index contributed by atoms with van der Waals surface area (Å²) in [5, 5.41) is 10.2. The van der Waals surface area contributed by atoms with Gasteiger partial charge in [-0.25, -0.2) is 26.3 Å². The molecular formula is C23H27F3N2O4S. The summed E-state index contributed by atoms with van der Waals surface area (Å²) in [6, 6.07) is 6.25. The van der Waals surface area contributed by atoms with Gasteiger partial charge in [-0.15, -0.1) is 0 Å². The highest BCUT2D eigenvalue weighted by Gasteiger charge is 2.43. The Morgan fingerprint density at radius 3 is 2.33 bits per heavy atom. The van der Waals surface area contributed by atoms with Crippen molar-refractivity contribution in [3.63, 3.8) is 0 Å². The predicted molar refractivity (Wildman–Crippen MR) is 118 cm³/mol. The largest absolute Gasteiger partial charge is 0.381 e. The molecule has 0 bridgehead atoms. The van der Waals surface area contributed by atoms with Crippen LogP contribution >= 0.6 is 0 Å². The number of rotatable bonds is 7. The van der Waals surface area contributed by atoms with Crippen molar-refractivity contribution in [2.75, 3.05) is 12.3 Å². The number of likely N-dealkylation sites (tertiary alicyclic amines) is 1. The Kier molecular flexibility index (Phi) is 7.21. The Morgan fingerprint density at radius 1 is 1.12 bits per heavy atom. The van der Waals surface area contributed by atoms with Gasteiger partial charge in [0.25, 0.3) is 5.91 Å². The van der Waals surface area contributed by atoms with Gasteiger partial charge in [0.1, 0.15) is 11.4 Å². The summed E-state index contributed by atoms with van der Waals surface area (Å²) < 4.78 is 70.3. The number of halogens is 3. The van der Waals surface area contributed by atoms with Gasteiger partial charge in [-0.05, 0) is 45.2 Å². The molecule has 1 amide bonds. The van der Waals surface area contributed by atoms with Gasteiger partial charge in [-0.2, -0.15) is 0 Å². The van der Waals surface area contributed by atoms with E-state index in [-0.39, 0.29) is 41.8 Å². The lowest BCUT2D eigenvalue weighted by molar-refractivity contribution is -0.148. The van der Waals surface area contributed by atoms with Crippen molar-refractivity contribution in [1.29, 1.82) is 0 Å². The molecule has 3 rings (SSSR count). The molecule has 0 unspecified atom stereocenters. The summed E-state index contributed by atoms with van der Waals surface area (Å²) in [6.45, 7) is 4.29. The quantitative estimate of drug-likeness (QED) is 0.633. The van der Waals surface area contributed by atoms with Crippen LogP contribution in [-0.2, 0) is 21.2 Å². The van der Waals surface area contributed by atoms with Gasteiger partial charge in [0.05, 0.1) is 11.8 Å². The Hall–Kier alpha value is -2.43. The van der Waals surface area contributed by atoms with Crippen LogP contribution in [0.5, 0.6) is 0 Å². The molecule has 0 aliphatic carbocycles. The van der Waals surface area contributed by atoms with Crippen LogP contribution in [0.3, 0.4) is 0 Å². The first-order chi connectivity index (χ1) is 15.4. The smallest absolute Gasteiger partial charge is 0.254 e. The fourth-order valence-electron chi connectivity index (χ4n) is 4.04. The summed E-state index contributed by atoms with van der Waals surface area (Å²) in [7, 11) is -3.62. The van der Waals surface area contributed by atoms with Crippen molar-refractivity contribution in [3.05, 3.63) is 59.4 Å². The molecule has 1 saturated heterocycles. The predicted octanol–water partition coefficient (Wildman–Crippen LogP) is 2.99. The lowest BCUT2D eigenvalue weighted by Gasteiger charge is -2.32. The number of carbonyl (C=O) groups is 1. The lowest BCUT2D eigenvalue weighted by atomic mass is 9.95. The van der Waals surface area contributed by atoms with Crippen LogP contribution in [0.2, 0.25) is 0 Å². The molecule has 2 aromatic rings. The second-order valence-electron chi connectivity index (χ2n) is 8.63. The van der Waals surface area contributed by atoms with E-state index >= 15 is 4.39 Å². The molecule has 33 heavy (non-hydrogen) atoms. The van der Waals surface area contributed by atoms with Crippen LogP contribution in [0.1, 0.15) is 32.8 Å². The molecule has 2 aromatic carbocycles. The third kappa shape index (κ3) is 5.39. The van der Waals surface area contributed by atoms with E-state index in [2.05, 4.69) is 4.72 Å². The van der Waals surface area contributed by atoms with E-state index in [1.165, 1.54) is 56.0 Å². The highest BCUT2D eigenvalue weighted by Crippen LogP contribution is 2.31. The number of carbonyl (C=O) groups excluding carboxylic acids is 1. The summed E-state index contributed by atoms with van der Waals surface area (Å²) in [5.41, 5.74) is -1.98. The molecule has 0 radical (unpaired) electrons. The molecule has 2 N–H and O–H groups in total. The monoisotopic (exact) mass is 484 g/mol. The Bertz CT molecular complexity index is 1150. The average Bonchev–Trinajstić information content (AvgIpc) is 3.12. The zero-order valence-corrected chi connectivity index (χ0v) is 19.4. The molecule has 2 atom stereocenters. The SMILES string of the molecule is CCS(=O)(=O)N[C@H]1CCN(C(=O)C(C)(C)O)[C@H]1Cc1cccc(-c2cccc(F)c2F)c1F. The molecule has 180 valence electrons. The number of benzene rings is 2. The number of aliphatic hydroxyl groups is 1. The van der Waals surface area contributed by atoms with Crippen LogP contribution in [0.25, 0.3) is 11.1 Å². The highest BCUT2D eigenvalue weighted by atomic mass is 32.2. The van der Waals surface area contributed by atoms with E-state index in [4.69, 9.17) is 0 Å². The number of hydrogen-bond acceptors (Lipinski definition) is 4. The van der Waals surface area contributed by atoms with Crippen LogP contribution in [0.4, 0.5) is 13.2 Å². The van der Waals surface area contributed by atoms with Gasteiger partial charge in [0.15, 0.2) is 11.6 Å². The minimum absolute atomic E-state index is 0.0880. The van der Waals surface area contributed by atoms with Crippen molar-refractivity contribution in [3.8, 4) is 11.1 Å². The first-order valence-electron chi connectivity index (χ1n) is 10.6. The molecule has 1 heterocycles. The summed E-state index contributed by atoms with van der Waals surface area (Å²) in [4.78, 5) is 14.2. The molecule has 1 aliphatic heterocycles. The second-order valence-corrected chi connectivity index (χ2v) is 10.7. The maximum absolute atomic E-state index is 15.4. The van der Waals surface area contributed by atoms with Crippen molar-refractivity contribution < 1.29 is 31.5 Å². The van der Waals surface area contributed by atoms with Crippen LogP contribution < -0.4 is 4.72 Å². The van der Waals surface area contributed by atoms with Gasteiger partial charge in [0, 0.05) is 23.7 Å². The van der Waals surface area contributed by atoms with Crippen LogP contribution in [-0.4, -0.2) is 54.3 Å². The Morgan fingerprint density at radius 2 is 1.73 bits per heavy atom. The molecule has 0 spiro atoms. The van der Waals surface area contributed by atoms with E-state index in [0.717, 1.165) is 6.07 Å². The zero-order valence-electron chi connectivity index (χ0n) is 18.6. The minimum atomic E-state index is -3.62. The number of hydrogen-bond donors (Lipinski definition) is 2. The maximum atomic E-state index is 15.4. The molecule has 1 fully saturated rings. The van der Waals surface area contributed by atoms with E-state index in [9.17, 15) is 27.1 Å². The molecule has 6 nitrogen and oxygen atoms in total. The molecular weight excluding hydrogens is 457 g/mol. The highest BCUT2D eigenvalue weighted by molar-refractivity contribution is 7.89. The van der Waals surface area contributed by atoms with E-state index in [1.54, 1.807) is 0 Å². The third-order valence-corrected chi connectivity index (χ3v) is 7.21. The van der Waals surface area contributed by atoms with Crippen molar-refractivity contribution in [2.24, 2.45) is 0 Å². The van der Waals surface area contributed by atoms with Gasteiger partial charge < -0.3 is 10.0 Å². The van der Waals surface area contributed by atoms with E-state index < -0.39 is 51.1 Å². The summed E-state index contributed by atoms with van der Waals surface area (Å²) in [6.07, 6.45) is 0.195. The maximum Gasteiger partial charge on any atom is 0.254 e. The fraction of sp³-hybridized carbons (Fsp3) is 0.435. The zero-order chi connectivity index (χ0) is 24.6. The Labute approximate surface area is 191 Å². The number of sulfonamides is 1. The second kappa shape index (κ2) is 9.44. The average molecular weight is 485 g/mol. The van der Waals surface area contributed by atoms with E-state index in [1.807, 2.05) is 0 Å². The summed E-state index contributed by atoms with van der Waals surface area (Å²) in [5.74, 6) is -3.86. The van der Waals surface area contributed by atoms with Gasteiger partial charge in [-0.3, -0.25) is 4.79 Å². The van der Waals surface area contributed by atoms with Crippen LogP contribution in [0.15, 0.2) is 36.4 Å². The topological polar surface area (TPSA) is 86.7 Å². The first-order valence-corrected chi connectivity index (χ1v) is 12.3. The molecule has 1 aliphatic rings. The number of nitrogens with one attached hydrogen (secondary N) is 1. The van der Waals surface area contributed by atoms with Gasteiger partial charge in [-0.1, -0.05) is 30.3 Å². The third-order valence-electron chi connectivity index (χ3n) is 5.79. The first kappa shape index (κ1) is 25.2. The number of amides is 1. The van der Waals surface area contributed by atoms with E-state index in [0.29, 0.717) is 0 Å². The van der Waals surface area contributed by atoms with Gasteiger partial charge >= 0.3 is 0 Å². The minimum Gasteiger partial charge on any atom is -0.381 e. The summed E-state index contributed by atoms with van der Waals surface area (Å²) >= 11 is 0. The van der Waals surface area contributed by atoms with Crippen LogP contribution in [0, 0.1) is 17.5 Å².